The number of sulfonamides is 1. The van der Waals surface area contributed by atoms with Crippen molar-refractivity contribution in [3.05, 3.63) is 76.8 Å². The standard InChI is InChI=1S/C29H35ClN2O3S/c1-19(2)29(31,20(3)4)25-9-5-21(6-10-25)28(33)22-13-15-32(16-14-22)36(34,35)27-12-8-23-17-26(30)11-7-24(23)18-27/h5-12,17-20,22H,13-16,31H2,1-4H3. The van der Waals surface area contributed by atoms with Crippen LogP contribution in [0.3, 0.4) is 0 Å². The second-order valence-corrected chi connectivity index (χ2v) is 12.9. The summed E-state index contributed by atoms with van der Waals surface area (Å²) in [5, 5.41) is 2.33. The van der Waals surface area contributed by atoms with Gasteiger partial charge in [-0.2, -0.15) is 4.31 Å². The molecule has 1 aliphatic rings. The monoisotopic (exact) mass is 526 g/mol. The first-order chi connectivity index (χ1) is 16.9. The molecule has 3 aromatic rings. The van der Waals surface area contributed by atoms with Gasteiger partial charge < -0.3 is 5.73 Å². The van der Waals surface area contributed by atoms with Crippen LogP contribution in [0.15, 0.2) is 65.6 Å². The number of hydrogen-bond donors (Lipinski definition) is 1. The van der Waals surface area contributed by atoms with Crippen molar-refractivity contribution in [2.75, 3.05) is 13.1 Å². The van der Waals surface area contributed by atoms with Crippen molar-refractivity contribution >= 4 is 38.2 Å². The van der Waals surface area contributed by atoms with Gasteiger partial charge in [-0.25, -0.2) is 8.42 Å². The Bertz CT molecular complexity index is 1350. The van der Waals surface area contributed by atoms with Gasteiger partial charge in [0.1, 0.15) is 0 Å². The Morgan fingerprint density at radius 3 is 2.06 bits per heavy atom. The summed E-state index contributed by atoms with van der Waals surface area (Å²) in [6.45, 7) is 9.12. The van der Waals surface area contributed by atoms with Crippen molar-refractivity contribution in [3.8, 4) is 0 Å². The number of nitrogens with zero attached hydrogens (tertiary/aromatic N) is 1. The van der Waals surface area contributed by atoms with Crippen LogP contribution >= 0.6 is 11.6 Å². The summed E-state index contributed by atoms with van der Waals surface area (Å²) in [5.41, 5.74) is 7.99. The van der Waals surface area contributed by atoms with Crippen molar-refractivity contribution in [1.82, 2.24) is 4.31 Å². The lowest BCUT2D eigenvalue weighted by Crippen LogP contribution is -2.46. The molecule has 1 heterocycles. The molecule has 36 heavy (non-hydrogen) atoms. The Hall–Kier alpha value is -2.25. The fourth-order valence-electron chi connectivity index (χ4n) is 5.35. The molecule has 1 aliphatic heterocycles. The van der Waals surface area contributed by atoms with Gasteiger partial charge in [0.25, 0.3) is 0 Å². The normalized spacial score (nSPS) is 16.2. The van der Waals surface area contributed by atoms with Gasteiger partial charge in [-0.1, -0.05) is 75.7 Å². The maximum atomic E-state index is 13.3. The van der Waals surface area contributed by atoms with Gasteiger partial charge in [0, 0.05) is 35.1 Å². The van der Waals surface area contributed by atoms with Gasteiger partial charge in [-0.15, -0.1) is 0 Å². The maximum absolute atomic E-state index is 13.3. The Kier molecular flexibility index (Phi) is 7.63. The number of Topliss-reactive ketones (excluding diaryl/α,β-unsaturated/α-hetero) is 1. The smallest absolute Gasteiger partial charge is 0.243 e. The van der Waals surface area contributed by atoms with Gasteiger partial charge in [0.05, 0.1) is 4.90 Å². The zero-order chi connectivity index (χ0) is 26.3. The predicted molar refractivity (Wildman–Crippen MR) is 147 cm³/mol. The minimum Gasteiger partial charge on any atom is -0.321 e. The van der Waals surface area contributed by atoms with Crippen LogP contribution in [0.5, 0.6) is 0 Å². The van der Waals surface area contributed by atoms with Crippen LogP contribution in [0.1, 0.15) is 56.5 Å². The molecule has 0 amide bonds. The third-order valence-corrected chi connectivity index (χ3v) is 9.95. The lowest BCUT2D eigenvalue weighted by Gasteiger charge is -2.38. The van der Waals surface area contributed by atoms with E-state index in [0.29, 0.717) is 36.5 Å². The first-order valence-corrected chi connectivity index (χ1v) is 14.4. The summed E-state index contributed by atoms with van der Waals surface area (Å²) >= 11 is 6.05. The number of fused-ring (bicyclic) bond motifs is 1. The highest BCUT2D eigenvalue weighted by Crippen LogP contribution is 2.35. The van der Waals surface area contributed by atoms with E-state index in [1.807, 2.05) is 36.4 Å². The molecule has 0 aliphatic carbocycles. The second-order valence-electron chi connectivity index (χ2n) is 10.5. The Morgan fingerprint density at radius 2 is 1.47 bits per heavy atom. The van der Waals surface area contributed by atoms with E-state index < -0.39 is 15.6 Å². The summed E-state index contributed by atoms with van der Waals surface area (Å²) in [7, 11) is -3.64. The molecule has 0 spiro atoms. The number of nitrogens with two attached hydrogens (primary N) is 1. The van der Waals surface area contributed by atoms with E-state index in [1.165, 1.54) is 4.31 Å². The number of carbonyl (C=O) groups excluding carboxylic acids is 1. The lowest BCUT2D eigenvalue weighted by atomic mass is 9.72. The largest absolute Gasteiger partial charge is 0.321 e. The molecule has 0 saturated carbocycles. The summed E-state index contributed by atoms with van der Waals surface area (Å²) in [6, 6.07) is 18.2. The number of hydrogen-bond acceptors (Lipinski definition) is 4. The molecule has 1 fully saturated rings. The van der Waals surface area contributed by atoms with Gasteiger partial charge in [0.15, 0.2) is 5.78 Å². The van der Waals surface area contributed by atoms with Gasteiger partial charge in [-0.3, -0.25) is 4.79 Å². The minimum atomic E-state index is -3.64. The van der Waals surface area contributed by atoms with Gasteiger partial charge in [-0.05, 0) is 65.3 Å². The second kappa shape index (κ2) is 10.3. The molecule has 0 radical (unpaired) electrons. The van der Waals surface area contributed by atoms with E-state index in [2.05, 4.69) is 27.7 Å². The maximum Gasteiger partial charge on any atom is 0.243 e. The number of piperidine rings is 1. The van der Waals surface area contributed by atoms with E-state index in [-0.39, 0.29) is 28.4 Å². The van der Waals surface area contributed by atoms with Crippen LogP contribution in [0, 0.1) is 17.8 Å². The van der Waals surface area contributed by atoms with Gasteiger partial charge in [0.2, 0.25) is 10.0 Å². The molecule has 1 saturated heterocycles. The molecule has 4 rings (SSSR count). The van der Waals surface area contributed by atoms with Crippen LogP contribution in [0.4, 0.5) is 0 Å². The highest BCUT2D eigenvalue weighted by atomic mass is 35.5. The van der Waals surface area contributed by atoms with Crippen molar-refractivity contribution in [1.29, 1.82) is 0 Å². The third-order valence-electron chi connectivity index (χ3n) is 7.82. The zero-order valence-corrected chi connectivity index (χ0v) is 22.9. The average molecular weight is 527 g/mol. The summed E-state index contributed by atoms with van der Waals surface area (Å²) in [5.74, 6) is 0.383. The van der Waals surface area contributed by atoms with E-state index in [1.54, 1.807) is 24.3 Å². The van der Waals surface area contributed by atoms with Gasteiger partial charge >= 0.3 is 0 Å². The highest BCUT2D eigenvalue weighted by Gasteiger charge is 2.35. The molecule has 3 aromatic carbocycles. The van der Waals surface area contributed by atoms with E-state index in [9.17, 15) is 13.2 Å². The number of halogens is 1. The van der Waals surface area contributed by atoms with Crippen LogP contribution in [-0.4, -0.2) is 31.6 Å². The summed E-state index contributed by atoms with van der Waals surface area (Å²) in [4.78, 5) is 13.5. The molecule has 5 nitrogen and oxygen atoms in total. The number of ketones is 1. The third kappa shape index (κ3) is 4.97. The fraction of sp³-hybridized carbons (Fsp3) is 0.414. The van der Waals surface area contributed by atoms with E-state index in [4.69, 9.17) is 17.3 Å². The Balaban J connectivity index is 1.45. The molecule has 0 bridgehead atoms. The zero-order valence-electron chi connectivity index (χ0n) is 21.4. The molecular formula is C29H35ClN2O3S. The van der Waals surface area contributed by atoms with Crippen molar-refractivity contribution in [3.63, 3.8) is 0 Å². The highest BCUT2D eigenvalue weighted by molar-refractivity contribution is 7.89. The number of carbonyl (C=O) groups is 1. The molecule has 0 atom stereocenters. The van der Waals surface area contributed by atoms with Crippen LogP contribution in [0.2, 0.25) is 5.02 Å². The lowest BCUT2D eigenvalue weighted by molar-refractivity contribution is 0.0875. The summed E-state index contributed by atoms with van der Waals surface area (Å²) < 4.78 is 28.1. The minimum absolute atomic E-state index is 0.0675. The molecule has 0 unspecified atom stereocenters. The first-order valence-electron chi connectivity index (χ1n) is 12.6. The van der Waals surface area contributed by atoms with Crippen molar-refractivity contribution < 1.29 is 13.2 Å². The average Bonchev–Trinajstić information content (AvgIpc) is 2.87. The molecule has 7 heteroatoms. The van der Waals surface area contributed by atoms with E-state index >= 15 is 0 Å². The molecule has 2 N–H and O–H groups in total. The molecule has 192 valence electrons. The Morgan fingerprint density at radius 1 is 0.917 bits per heavy atom. The molecule has 0 aromatic heterocycles. The SMILES string of the molecule is CC(C)C(N)(c1ccc(C(=O)C2CCN(S(=O)(=O)c3ccc4cc(Cl)ccc4c3)CC2)cc1)C(C)C. The quantitative estimate of drug-likeness (QED) is 0.369. The summed E-state index contributed by atoms with van der Waals surface area (Å²) in [6.07, 6.45) is 1.00. The predicted octanol–water partition coefficient (Wildman–Crippen LogP) is 6.24. The van der Waals surface area contributed by atoms with Crippen LogP contribution in [-0.2, 0) is 15.6 Å². The van der Waals surface area contributed by atoms with Crippen molar-refractivity contribution in [2.24, 2.45) is 23.5 Å². The molecular weight excluding hydrogens is 492 g/mol. The van der Waals surface area contributed by atoms with E-state index in [0.717, 1.165) is 16.3 Å². The number of benzene rings is 3. The fourth-order valence-corrected chi connectivity index (χ4v) is 7.04. The van der Waals surface area contributed by atoms with Crippen molar-refractivity contribution in [2.45, 2.75) is 51.0 Å². The Labute approximate surface area is 219 Å². The first kappa shape index (κ1) is 26.8. The topological polar surface area (TPSA) is 80.5 Å². The van der Waals surface area contributed by atoms with Crippen LogP contribution < -0.4 is 5.73 Å². The van der Waals surface area contributed by atoms with Crippen LogP contribution in [0.25, 0.3) is 10.8 Å². The number of rotatable bonds is 7.